The summed E-state index contributed by atoms with van der Waals surface area (Å²) in [6, 6.07) is 13.0. The van der Waals surface area contributed by atoms with E-state index in [2.05, 4.69) is 10.4 Å². The summed E-state index contributed by atoms with van der Waals surface area (Å²) in [4.78, 5) is 13.2. The zero-order valence-electron chi connectivity index (χ0n) is 17.1. The summed E-state index contributed by atoms with van der Waals surface area (Å²) in [6.07, 6.45) is -2.35. The van der Waals surface area contributed by atoms with Gasteiger partial charge in [-0.2, -0.15) is 18.3 Å². The standard InChI is InChI=1S/C23H20F3N3O2S/c1-14-19(22(31)27-8-9-30)13-29(28-14)20-7-3-5-16-12-18(32-21(16)20)11-15-4-2-6-17(10-15)23(24,25)26/h2-7,10,12-13,30H,8-9,11H2,1H3,(H,27,31). The molecule has 5 nitrogen and oxygen atoms in total. The van der Waals surface area contributed by atoms with Gasteiger partial charge in [0, 0.05) is 24.0 Å². The third-order valence-electron chi connectivity index (χ3n) is 4.99. The number of aliphatic hydroxyl groups excluding tert-OH is 1. The molecule has 2 N–H and O–H groups in total. The number of nitrogens with one attached hydrogen (secondary N) is 1. The summed E-state index contributed by atoms with van der Waals surface area (Å²) < 4.78 is 41.6. The molecule has 0 radical (unpaired) electrons. The van der Waals surface area contributed by atoms with E-state index in [0.717, 1.165) is 26.7 Å². The molecule has 0 fully saturated rings. The molecule has 4 rings (SSSR count). The van der Waals surface area contributed by atoms with Crippen LogP contribution in [0.15, 0.2) is 54.7 Å². The van der Waals surface area contributed by atoms with Gasteiger partial charge >= 0.3 is 6.18 Å². The Balaban J connectivity index is 1.66. The number of carbonyl (C=O) groups is 1. The molecule has 0 atom stereocenters. The van der Waals surface area contributed by atoms with Crippen molar-refractivity contribution < 1.29 is 23.1 Å². The van der Waals surface area contributed by atoms with Crippen LogP contribution < -0.4 is 5.32 Å². The Morgan fingerprint density at radius 3 is 2.72 bits per heavy atom. The first-order chi connectivity index (χ1) is 15.3. The maximum Gasteiger partial charge on any atom is 0.416 e. The Hall–Kier alpha value is -3.17. The average molecular weight is 459 g/mol. The minimum Gasteiger partial charge on any atom is -0.395 e. The molecule has 0 bridgehead atoms. The molecule has 0 saturated carbocycles. The monoisotopic (exact) mass is 459 g/mol. The first-order valence-corrected chi connectivity index (χ1v) is 10.7. The fourth-order valence-electron chi connectivity index (χ4n) is 3.50. The predicted molar refractivity (Wildman–Crippen MR) is 117 cm³/mol. The van der Waals surface area contributed by atoms with Crippen molar-refractivity contribution in [2.24, 2.45) is 0 Å². The van der Waals surface area contributed by atoms with Gasteiger partial charge in [-0.05, 0) is 36.1 Å². The van der Waals surface area contributed by atoms with Gasteiger partial charge in [-0.1, -0.05) is 30.3 Å². The maximum absolute atomic E-state index is 13.0. The fourth-order valence-corrected chi connectivity index (χ4v) is 4.70. The van der Waals surface area contributed by atoms with Crippen LogP contribution in [0, 0.1) is 6.92 Å². The number of rotatable bonds is 6. The van der Waals surface area contributed by atoms with Crippen molar-refractivity contribution in [2.45, 2.75) is 19.5 Å². The van der Waals surface area contributed by atoms with Gasteiger partial charge < -0.3 is 10.4 Å². The van der Waals surface area contributed by atoms with Crippen LogP contribution in [-0.4, -0.2) is 33.9 Å². The second-order valence-corrected chi connectivity index (χ2v) is 8.47. The molecule has 2 aromatic carbocycles. The topological polar surface area (TPSA) is 67.2 Å². The van der Waals surface area contributed by atoms with Crippen molar-refractivity contribution in [3.8, 4) is 5.69 Å². The molecule has 0 spiro atoms. The minimum atomic E-state index is -4.37. The van der Waals surface area contributed by atoms with Crippen molar-refractivity contribution in [3.05, 3.63) is 82.0 Å². The largest absolute Gasteiger partial charge is 0.416 e. The van der Waals surface area contributed by atoms with Crippen molar-refractivity contribution in [1.82, 2.24) is 15.1 Å². The smallest absolute Gasteiger partial charge is 0.395 e. The van der Waals surface area contributed by atoms with Gasteiger partial charge in [0.15, 0.2) is 0 Å². The van der Waals surface area contributed by atoms with E-state index in [0.29, 0.717) is 23.2 Å². The molecular formula is C23H20F3N3O2S. The number of hydrogen-bond donors (Lipinski definition) is 2. The SMILES string of the molecule is Cc1nn(-c2cccc3cc(Cc4cccc(C(F)(F)F)c4)sc23)cc1C(=O)NCCO. The van der Waals surface area contributed by atoms with E-state index >= 15 is 0 Å². The van der Waals surface area contributed by atoms with Crippen LogP contribution in [0.1, 0.15) is 32.1 Å². The number of fused-ring (bicyclic) bond motifs is 1. The zero-order chi connectivity index (χ0) is 22.9. The van der Waals surface area contributed by atoms with Crippen molar-refractivity contribution in [1.29, 1.82) is 0 Å². The van der Waals surface area contributed by atoms with Gasteiger partial charge in [-0.15, -0.1) is 11.3 Å². The van der Waals surface area contributed by atoms with Crippen molar-refractivity contribution >= 4 is 27.3 Å². The van der Waals surface area contributed by atoms with Gasteiger partial charge in [-0.3, -0.25) is 4.79 Å². The van der Waals surface area contributed by atoms with Gasteiger partial charge in [-0.25, -0.2) is 4.68 Å². The maximum atomic E-state index is 13.0. The third-order valence-corrected chi connectivity index (χ3v) is 6.17. The number of amides is 1. The Labute approximate surface area is 186 Å². The molecule has 166 valence electrons. The summed E-state index contributed by atoms with van der Waals surface area (Å²) in [5.41, 5.74) is 1.68. The Morgan fingerprint density at radius 1 is 1.19 bits per heavy atom. The number of aryl methyl sites for hydroxylation is 1. The summed E-state index contributed by atoms with van der Waals surface area (Å²) in [5.74, 6) is -0.314. The highest BCUT2D eigenvalue weighted by molar-refractivity contribution is 7.19. The number of aromatic nitrogens is 2. The fraction of sp³-hybridized carbons (Fsp3) is 0.217. The van der Waals surface area contributed by atoms with E-state index in [9.17, 15) is 18.0 Å². The zero-order valence-corrected chi connectivity index (χ0v) is 17.9. The summed E-state index contributed by atoms with van der Waals surface area (Å²) >= 11 is 1.49. The summed E-state index contributed by atoms with van der Waals surface area (Å²) in [7, 11) is 0. The predicted octanol–water partition coefficient (Wildman–Crippen LogP) is 4.73. The number of carbonyl (C=O) groups excluding carboxylic acids is 1. The average Bonchev–Trinajstić information content (AvgIpc) is 3.34. The lowest BCUT2D eigenvalue weighted by atomic mass is 10.1. The Bertz CT molecular complexity index is 1280. The van der Waals surface area contributed by atoms with Crippen LogP contribution in [-0.2, 0) is 12.6 Å². The number of thiophene rings is 1. The molecular weight excluding hydrogens is 439 g/mol. The van der Waals surface area contributed by atoms with E-state index in [1.54, 1.807) is 23.9 Å². The molecule has 0 aliphatic carbocycles. The molecule has 0 saturated heterocycles. The lowest BCUT2D eigenvalue weighted by Crippen LogP contribution is -2.26. The molecule has 9 heteroatoms. The molecule has 0 aliphatic heterocycles. The van der Waals surface area contributed by atoms with Crippen LogP contribution in [0.3, 0.4) is 0 Å². The second kappa shape index (κ2) is 8.76. The van der Waals surface area contributed by atoms with E-state index < -0.39 is 11.7 Å². The van der Waals surface area contributed by atoms with Crippen LogP contribution in [0.25, 0.3) is 15.8 Å². The summed E-state index contributed by atoms with van der Waals surface area (Å²) in [6.45, 7) is 1.74. The van der Waals surface area contributed by atoms with E-state index in [1.165, 1.54) is 23.5 Å². The Kier molecular flexibility index (Phi) is 6.03. The number of nitrogens with zero attached hydrogens (tertiary/aromatic N) is 2. The summed E-state index contributed by atoms with van der Waals surface area (Å²) in [5, 5.41) is 16.9. The quantitative estimate of drug-likeness (QED) is 0.438. The highest BCUT2D eigenvalue weighted by Gasteiger charge is 2.30. The van der Waals surface area contributed by atoms with Crippen LogP contribution in [0.4, 0.5) is 13.2 Å². The van der Waals surface area contributed by atoms with Gasteiger partial charge in [0.2, 0.25) is 0 Å². The highest BCUT2D eigenvalue weighted by atomic mass is 32.1. The van der Waals surface area contributed by atoms with E-state index in [4.69, 9.17) is 5.11 Å². The van der Waals surface area contributed by atoms with Gasteiger partial charge in [0.05, 0.1) is 33.8 Å². The Morgan fingerprint density at radius 2 is 1.97 bits per heavy atom. The normalized spacial score (nSPS) is 11.8. The van der Waals surface area contributed by atoms with Crippen LogP contribution >= 0.6 is 11.3 Å². The molecule has 4 aromatic rings. The molecule has 32 heavy (non-hydrogen) atoms. The van der Waals surface area contributed by atoms with E-state index in [-0.39, 0.29) is 19.1 Å². The van der Waals surface area contributed by atoms with Crippen molar-refractivity contribution in [2.75, 3.05) is 13.2 Å². The van der Waals surface area contributed by atoms with Crippen LogP contribution in [0.5, 0.6) is 0 Å². The first-order valence-electron chi connectivity index (χ1n) is 9.89. The molecule has 2 aromatic heterocycles. The number of alkyl halides is 3. The van der Waals surface area contributed by atoms with Gasteiger partial charge in [0.25, 0.3) is 5.91 Å². The molecule has 1 amide bonds. The van der Waals surface area contributed by atoms with Crippen LogP contribution in [0.2, 0.25) is 0 Å². The van der Waals surface area contributed by atoms with Gasteiger partial charge in [0.1, 0.15) is 0 Å². The first kappa shape index (κ1) is 22.0. The number of aliphatic hydroxyl groups is 1. The number of halogens is 3. The number of benzene rings is 2. The lowest BCUT2D eigenvalue weighted by molar-refractivity contribution is -0.137. The minimum absolute atomic E-state index is 0.151. The third kappa shape index (κ3) is 4.53. The van der Waals surface area contributed by atoms with Crippen molar-refractivity contribution in [3.63, 3.8) is 0 Å². The second-order valence-electron chi connectivity index (χ2n) is 7.34. The van der Waals surface area contributed by atoms with E-state index in [1.807, 2.05) is 24.3 Å². The lowest BCUT2D eigenvalue weighted by Gasteiger charge is -2.08. The molecule has 0 aliphatic rings. The molecule has 0 unspecified atom stereocenters. The highest BCUT2D eigenvalue weighted by Crippen LogP contribution is 2.34. The number of hydrogen-bond acceptors (Lipinski definition) is 4. The molecule has 2 heterocycles.